The molecule has 2 heterocycles. The fraction of sp³-hybridized carbons (Fsp3) is 0.385. The zero-order chi connectivity index (χ0) is 15.5. The van der Waals surface area contributed by atoms with E-state index in [0.29, 0.717) is 13.1 Å². The summed E-state index contributed by atoms with van der Waals surface area (Å²) in [5.41, 5.74) is -0.0151. The summed E-state index contributed by atoms with van der Waals surface area (Å²) in [5, 5.41) is 9.79. The Morgan fingerprint density at radius 2 is 1.86 bits per heavy atom. The SMILES string of the molecule is CCNc1cc(C(F)(F)F)cc(NCc2ccn(C)n2)n1. The lowest BCUT2D eigenvalue weighted by atomic mass is 10.2. The van der Waals surface area contributed by atoms with Crippen LogP contribution < -0.4 is 10.6 Å². The molecule has 0 saturated carbocycles. The predicted octanol–water partition coefficient (Wildman–Crippen LogP) is 2.88. The summed E-state index contributed by atoms with van der Waals surface area (Å²) in [4.78, 5) is 4.10. The van der Waals surface area contributed by atoms with Crippen molar-refractivity contribution >= 4 is 11.6 Å². The van der Waals surface area contributed by atoms with Crippen LogP contribution in [0.15, 0.2) is 24.4 Å². The number of rotatable bonds is 5. The molecular formula is C13H16F3N5. The lowest BCUT2D eigenvalue weighted by molar-refractivity contribution is -0.137. The topological polar surface area (TPSA) is 54.8 Å². The molecule has 0 aliphatic rings. The van der Waals surface area contributed by atoms with E-state index in [0.717, 1.165) is 17.8 Å². The Morgan fingerprint density at radius 3 is 2.38 bits per heavy atom. The average Bonchev–Trinajstić information content (AvgIpc) is 2.81. The minimum Gasteiger partial charge on any atom is -0.370 e. The fourth-order valence-corrected chi connectivity index (χ4v) is 1.80. The maximum absolute atomic E-state index is 12.9. The summed E-state index contributed by atoms with van der Waals surface area (Å²) >= 11 is 0. The number of hydrogen-bond donors (Lipinski definition) is 2. The summed E-state index contributed by atoms with van der Waals surface area (Å²) in [6, 6.07) is 3.77. The van der Waals surface area contributed by atoms with E-state index in [-0.39, 0.29) is 11.6 Å². The Bertz CT molecular complexity index is 606. The number of nitrogens with one attached hydrogen (secondary N) is 2. The van der Waals surface area contributed by atoms with Gasteiger partial charge in [-0.25, -0.2) is 4.98 Å². The molecule has 2 aromatic rings. The van der Waals surface area contributed by atoms with Gasteiger partial charge in [0, 0.05) is 19.8 Å². The van der Waals surface area contributed by atoms with Crippen LogP contribution in [0.5, 0.6) is 0 Å². The highest BCUT2D eigenvalue weighted by Gasteiger charge is 2.31. The van der Waals surface area contributed by atoms with Gasteiger partial charge in [0.05, 0.1) is 17.8 Å². The highest BCUT2D eigenvalue weighted by Crippen LogP contribution is 2.32. The van der Waals surface area contributed by atoms with E-state index in [9.17, 15) is 13.2 Å². The Hall–Kier alpha value is -2.25. The first-order valence-corrected chi connectivity index (χ1v) is 6.44. The number of halogens is 3. The molecule has 8 heteroatoms. The van der Waals surface area contributed by atoms with Crippen LogP contribution in [0.4, 0.5) is 24.8 Å². The van der Waals surface area contributed by atoms with E-state index < -0.39 is 11.7 Å². The lowest BCUT2D eigenvalue weighted by Crippen LogP contribution is -2.11. The summed E-state index contributed by atoms with van der Waals surface area (Å²) in [6.45, 7) is 2.59. The van der Waals surface area contributed by atoms with Crippen molar-refractivity contribution in [1.29, 1.82) is 0 Å². The van der Waals surface area contributed by atoms with Crippen molar-refractivity contribution in [2.75, 3.05) is 17.2 Å². The lowest BCUT2D eigenvalue weighted by Gasteiger charge is -2.12. The minimum absolute atomic E-state index is 0.159. The number of anilines is 2. The van der Waals surface area contributed by atoms with E-state index in [1.165, 1.54) is 0 Å². The standard InChI is InChI=1S/C13H16F3N5/c1-3-17-11-6-9(13(14,15)16)7-12(19-11)18-8-10-4-5-21(2)20-10/h4-7H,3,8H2,1-2H3,(H2,17,18,19). The van der Waals surface area contributed by atoms with Crippen molar-refractivity contribution in [2.24, 2.45) is 7.05 Å². The molecule has 0 radical (unpaired) electrons. The molecule has 0 fully saturated rings. The van der Waals surface area contributed by atoms with Crippen molar-refractivity contribution < 1.29 is 13.2 Å². The van der Waals surface area contributed by atoms with Gasteiger partial charge in [-0.1, -0.05) is 0 Å². The van der Waals surface area contributed by atoms with Gasteiger partial charge >= 0.3 is 6.18 Å². The summed E-state index contributed by atoms with van der Waals surface area (Å²) in [7, 11) is 1.77. The molecular weight excluding hydrogens is 283 g/mol. The minimum atomic E-state index is -4.41. The van der Waals surface area contributed by atoms with Gasteiger partial charge in [0.25, 0.3) is 0 Å². The van der Waals surface area contributed by atoms with Crippen LogP contribution in [-0.2, 0) is 19.8 Å². The van der Waals surface area contributed by atoms with Crippen molar-refractivity contribution in [2.45, 2.75) is 19.6 Å². The first kappa shape index (κ1) is 15.1. The van der Waals surface area contributed by atoms with Crippen LogP contribution in [0.2, 0.25) is 0 Å². The van der Waals surface area contributed by atoms with Crippen LogP contribution in [0.1, 0.15) is 18.2 Å². The van der Waals surface area contributed by atoms with Gasteiger partial charge < -0.3 is 10.6 Å². The van der Waals surface area contributed by atoms with E-state index in [2.05, 4.69) is 20.7 Å². The van der Waals surface area contributed by atoms with Gasteiger partial charge in [-0.2, -0.15) is 18.3 Å². The van der Waals surface area contributed by atoms with Crippen LogP contribution in [0.3, 0.4) is 0 Å². The van der Waals surface area contributed by atoms with Crippen LogP contribution in [0, 0.1) is 0 Å². The average molecular weight is 299 g/mol. The number of nitrogens with zero attached hydrogens (tertiary/aromatic N) is 3. The van der Waals surface area contributed by atoms with Gasteiger partial charge in [0.2, 0.25) is 0 Å². The molecule has 0 bridgehead atoms. The number of aromatic nitrogens is 3. The van der Waals surface area contributed by atoms with E-state index in [4.69, 9.17) is 0 Å². The van der Waals surface area contributed by atoms with E-state index in [1.807, 2.05) is 0 Å². The molecule has 2 N–H and O–H groups in total. The van der Waals surface area contributed by atoms with Gasteiger partial charge in [-0.15, -0.1) is 0 Å². The Kier molecular flexibility index (Phi) is 4.35. The van der Waals surface area contributed by atoms with Crippen LogP contribution >= 0.6 is 0 Å². The third-order valence-corrected chi connectivity index (χ3v) is 2.73. The maximum Gasteiger partial charge on any atom is 0.416 e. The fourth-order valence-electron chi connectivity index (χ4n) is 1.80. The number of pyridine rings is 1. The third kappa shape index (κ3) is 4.11. The molecule has 2 rings (SSSR count). The molecule has 114 valence electrons. The Labute approximate surface area is 120 Å². The second-order valence-corrected chi connectivity index (χ2v) is 4.49. The molecule has 2 aromatic heterocycles. The number of aryl methyl sites for hydroxylation is 1. The normalized spacial score (nSPS) is 11.5. The summed E-state index contributed by atoms with van der Waals surface area (Å²) in [5.74, 6) is 0.349. The zero-order valence-electron chi connectivity index (χ0n) is 11.7. The molecule has 0 saturated heterocycles. The Balaban J connectivity index is 2.19. The third-order valence-electron chi connectivity index (χ3n) is 2.73. The van der Waals surface area contributed by atoms with Crippen molar-refractivity contribution in [3.8, 4) is 0 Å². The van der Waals surface area contributed by atoms with E-state index in [1.54, 1.807) is 30.9 Å². The number of hydrogen-bond acceptors (Lipinski definition) is 4. The zero-order valence-corrected chi connectivity index (χ0v) is 11.7. The van der Waals surface area contributed by atoms with Crippen molar-refractivity contribution in [3.05, 3.63) is 35.7 Å². The van der Waals surface area contributed by atoms with E-state index >= 15 is 0 Å². The second kappa shape index (κ2) is 6.02. The first-order valence-electron chi connectivity index (χ1n) is 6.44. The molecule has 0 spiro atoms. The quantitative estimate of drug-likeness (QED) is 0.891. The van der Waals surface area contributed by atoms with Crippen molar-refractivity contribution in [1.82, 2.24) is 14.8 Å². The highest BCUT2D eigenvalue weighted by molar-refractivity contribution is 5.49. The monoisotopic (exact) mass is 299 g/mol. The highest BCUT2D eigenvalue weighted by atomic mass is 19.4. The van der Waals surface area contributed by atoms with Gasteiger partial charge in [-0.05, 0) is 25.1 Å². The Morgan fingerprint density at radius 1 is 1.19 bits per heavy atom. The van der Waals surface area contributed by atoms with Crippen LogP contribution in [-0.4, -0.2) is 21.3 Å². The van der Waals surface area contributed by atoms with Gasteiger partial charge in [0.1, 0.15) is 11.6 Å². The summed E-state index contributed by atoms with van der Waals surface area (Å²) in [6.07, 6.45) is -2.64. The molecule has 0 aliphatic heterocycles. The molecule has 0 amide bonds. The predicted molar refractivity (Wildman–Crippen MR) is 73.9 cm³/mol. The second-order valence-electron chi connectivity index (χ2n) is 4.49. The largest absolute Gasteiger partial charge is 0.416 e. The summed E-state index contributed by atoms with van der Waals surface area (Å²) < 4.78 is 40.2. The molecule has 0 aromatic carbocycles. The number of alkyl halides is 3. The van der Waals surface area contributed by atoms with Crippen molar-refractivity contribution in [3.63, 3.8) is 0 Å². The molecule has 5 nitrogen and oxygen atoms in total. The van der Waals surface area contributed by atoms with Gasteiger partial charge in [0.15, 0.2) is 0 Å². The van der Waals surface area contributed by atoms with Crippen LogP contribution in [0.25, 0.3) is 0 Å². The molecule has 0 unspecified atom stereocenters. The molecule has 21 heavy (non-hydrogen) atoms. The molecule has 0 atom stereocenters. The smallest absolute Gasteiger partial charge is 0.370 e. The molecule has 0 aliphatic carbocycles. The maximum atomic E-state index is 12.9. The first-order chi connectivity index (χ1) is 9.88. The van der Waals surface area contributed by atoms with Gasteiger partial charge in [-0.3, -0.25) is 4.68 Å².